The van der Waals surface area contributed by atoms with Crippen molar-refractivity contribution in [1.29, 1.82) is 0 Å². The van der Waals surface area contributed by atoms with Crippen LogP contribution in [0, 0.1) is 10.1 Å². The van der Waals surface area contributed by atoms with Crippen LogP contribution < -0.4 is 0 Å². The van der Waals surface area contributed by atoms with Crippen LogP contribution >= 0.6 is 0 Å². The molecular formula is C10H13N3O6S. The monoisotopic (exact) mass is 303 g/mol. The summed E-state index contributed by atoms with van der Waals surface area (Å²) in [4.78, 5) is 23.8. The van der Waals surface area contributed by atoms with Gasteiger partial charge in [0.05, 0.1) is 0 Å². The number of nitro groups is 1. The second-order valence-electron chi connectivity index (χ2n) is 3.89. The molecule has 20 heavy (non-hydrogen) atoms. The molecule has 0 spiro atoms. The average Bonchev–Trinajstić information content (AvgIpc) is 2.39. The maximum Gasteiger partial charge on any atom is 0.363 e. The quantitative estimate of drug-likeness (QED) is 0.597. The number of hydrogen-bond acceptors (Lipinski definition) is 6. The van der Waals surface area contributed by atoms with Crippen molar-refractivity contribution in [2.24, 2.45) is 0 Å². The summed E-state index contributed by atoms with van der Waals surface area (Å²) < 4.78 is 25.0. The number of rotatable bonds is 6. The third kappa shape index (κ3) is 3.08. The molecule has 0 aliphatic heterocycles. The fourth-order valence-electron chi connectivity index (χ4n) is 1.55. The molecule has 1 heterocycles. The molecule has 0 amide bonds. The molecule has 0 radical (unpaired) electrons. The molecule has 9 nitrogen and oxygen atoms in total. The van der Waals surface area contributed by atoms with E-state index in [0.29, 0.717) is 4.31 Å². The molecule has 1 aromatic rings. The summed E-state index contributed by atoms with van der Waals surface area (Å²) in [5.74, 6) is -1.76. The average molecular weight is 303 g/mol. The minimum Gasteiger partial charge on any atom is -0.480 e. The van der Waals surface area contributed by atoms with Gasteiger partial charge in [0.25, 0.3) is 0 Å². The SMILES string of the molecule is CCC(C(=O)O)N(C)S(=O)(=O)c1ccc([N+](=O)[O-])nc1. The number of aliphatic carboxylic acids is 1. The van der Waals surface area contributed by atoms with Crippen molar-refractivity contribution in [1.82, 2.24) is 9.29 Å². The summed E-state index contributed by atoms with van der Waals surface area (Å²) >= 11 is 0. The maximum atomic E-state index is 12.2. The highest BCUT2D eigenvalue weighted by atomic mass is 32.2. The van der Waals surface area contributed by atoms with Gasteiger partial charge in [0.2, 0.25) is 10.0 Å². The lowest BCUT2D eigenvalue weighted by Crippen LogP contribution is -2.41. The van der Waals surface area contributed by atoms with E-state index in [0.717, 1.165) is 25.4 Å². The van der Waals surface area contributed by atoms with Crippen LogP contribution in [0.15, 0.2) is 23.2 Å². The molecule has 0 fully saturated rings. The van der Waals surface area contributed by atoms with Crippen molar-refractivity contribution in [2.45, 2.75) is 24.3 Å². The summed E-state index contributed by atoms with van der Waals surface area (Å²) in [6, 6.07) is 0.753. The molecular weight excluding hydrogens is 290 g/mol. The Labute approximate surface area is 115 Å². The normalized spacial score (nSPS) is 13.2. The van der Waals surface area contributed by atoms with E-state index >= 15 is 0 Å². The summed E-state index contributed by atoms with van der Waals surface area (Å²) in [5.41, 5.74) is 0. The van der Waals surface area contributed by atoms with Crippen molar-refractivity contribution >= 4 is 21.8 Å². The van der Waals surface area contributed by atoms with Crippen LogP contribution in [0.3, 0.4) is 0 Å². The Morgan fingerprint density at radius 2 is 2.15 bits per heavy atom. The molecule has 1 unspecified atom stereocenters. The summed E-state index contributed by atoms with van der Waals surface area (Å²) in [7, 11) is -2.93. The zero-order chi connectivity index (χ0) is 15.5. The van der Waals surface area contributed by atoms with Crippen LogP contribution in [-0.4, -0.2) is 46.8 Å². The first-order chi connectivity index (χ1) is 9.21. The van der Waals surface area contributed by atoms with E-state index in [9.17, 15) is 23.3 Å². The van der Waals surface area contributed by atoms with E-state index in [1.807, 2.05) is 0 Å². The number of nitrogens with zero attached hydrogens (tertiary/aromatic N) is 3. The number of carboxylic acid groups (broad SMARTS) is 1. The molecule has 0 saturated carbocycles. The Morgan fingerprint density at radius 3 is 2.50 bits per heavy atom. The zero-order valence-corrected chi connectivity index (χ0v) is 11.6. The van der Waals surface area contributed by atoms with Crippen LogP contribution in [0.25, 0.3) is 0 Å². The molecule has 110 valence electrons. The standard InChI is InChI=1S/C10H13N3O6S/c1-3-8(10(14)15)12(2)20(18,19)7-4-5-9(11-6-7)13(16)17/h4-6,8H,3H2,1-2H3,(H,14,15). The number of hydrogen-bond donors (Lipinski definition) is 1. The molecule has 10 heteroatoms. The molecule has 0 aliphatic rings. The van der Waals surface area contributed by atoms with Gasteiger partial charge in [0.15, 0.2) is 6.20 Å². The first-order valence-electron chi connectivity index (χ1n) is 5.53. The third-order valence-corrected chi connectivity index (χ3v) is 4.55. The molecule has 1 atom stereocenters. The lowest BCUT2D eigenvalue weighted by Gasteiger charge is -2.22. The predicted octanol–water partition coefficient (Wildman–Crippen LogP) is 0.473. The Bertz CT molecular complexity index is 612. The molecule has 1 N–H and O–H groups in total. The van der Waals surface area contributed by atoms with E-state index in [4.69, 9.17) is 5.11 Å². The third-order valence-electron chi connectivity index (χ3n) is 2.70. The highest BCUT2D eigenvalue weighted by Gasteiger charge is 2.32. The van der Waals surface area contributed by atoms with Crippen LogP contribution in [0.4, 0.5) is 5.82 Å². The van der Waals surface area contributed by atoms with Crippen LogP contribution in [0.2, 0.25) is 0 Å². The summed E-state index contributed by atoms with van der Waals surface area (Å²) in [5, 5.41) is 19.4. The highest BCUT2D eigenvalue weighted by Crippen LogP contribution is 2.19. The van der Waals surface area contributed by atoms with Gasteiger partial charge in [-0.1, -0.05) is 6.92 Å². The second kappa shape index (κ2) is 5.92. The number of likely N-dealkylation sites (N-methyl/N-ethyl adjacent to an activating group) is 1. The van der Waals surface area contributed by atoms with Gasteiger partial charge in [0.1, 0.15) is 10.9 Å². The molecule has 0 bridgehead atoms. The van der Waals surface area contributed by atoms with Crippen molar-refractivity contribution in [3.8, 4) is 0 Å². The van der Waals surface area contributed by atoms with Crippen molar-refractivity contribution in [3.05, 3.63) is 28.4 Å². The van der Waals surface area contributed by atoms with Gasteiger partial charge in [-0.05, 0) is 22.4 Å². The first-order valence-corrected chi connectivity index (χ1v) is 6.97. The molecule has 0 aromatic carbocycles. The number of sulfonamides is 1. The lowest BCUT2D eigenvalue weighted by atomic mass is 10.2. The van der Waals surface area contributed by atoms with E-state index in [2.05, 4.69) is 4.98 Å². The number of carbonyl (C=O) groups is 1. The van der Waals surface area contributed by atoms with Gasteiger partial charge >= 0.3 is 11.8 Å². The smallest absolute Gasteiger partial charge is 0.363 e. The number of carboxylic acids is 1. The van der Waals surface area contributed by atoms with E-state index in [1.165, 1.54) is 0 Å². The maximum absolute atomic E-state index is 12.2. The molecule has 0 aliphatic carbocycles. The molecule has 1 aromatic heterocycles. The van der Waals surface area contributed by atoms with Gasteiger partial charge in [-0.3, -0.25) is 4.79 Å². The van der Waals surface area contributed by atoms with Gasteiger partial charge < -0.3 is 15.2 Å². The summed E-state index contributed by atoms with van der Waals surface area (Å²) in [6.07, 6.45) is 0.921. The van der Waals surface area contributed by atoms with Gasteiger partial charge in [-0.25, -0.2) is 8.42 Å². The van der Waals surface area contributed by atoms with Crippen molar-refractivity contribution in [3.63, 3.8) is 0 Å². The van der Waals surface area contributed by atoms with Gasteiger partial charge in [-0.15, -0.1) is 0 Å². The van der Waals surface area contributed by atoms with Crippen LogP contribution in [0.1, 0.15) is 13.3 Å². The van der Waals surface area contributed by atoms with E-state index < -0.39 is 32.8 Å². The van der Waals surface area contributed by atoms with Crippen LogP contribution in [0.5, 0.6) is 0 Å². The topological polar surface area (TPSA) is 131 Å². The lowest BCUT2D eigenvalue weighted by molar-refractivity contribution is -0.389. The Morgan fingerprint density at radius 1 is 1.55 bits per heavy atom. The van der Waals surface area contributed by atoms with E-state index in [-0.39, 0.29) is 11.3 Å². The Hall–Kier alpha value is -2.07. The fraction of sp³-hybridized carbons (Fsp3) is 0.400. The molecule has 0 saturated heterocycles. The van der Waals surface area contributed by atoms with E-state index in [1.54, 1.807) is 6.92 Å². The fourth-order valence-corrected chi connectivity index (χ4v) is 2.89. The summed E-state index contributed by atoms with van der Waals surface area (Å²) in [6.45, 7) is 1.54. The second-order valence-corrected chi connectivity index (χ2v) is 5.89. The van der Waals surface area contributed by atoms with Gasteiger partial charge in [0, 0.05) is 13.1 Å². The minimum absolute atomic E-state index is 0.0888. The van der Waals surface area contributed by atoms with Gasteiger partial charge in [-0.2, -0.15) is 4.31 Å². The predicted molar refractivity (Wildman–Crippen MR) is 67.6 cm³/mol. The zero-order valence-electron chi connectivity index (χ0n) is 10.8. The highest BCUT2D eigenvalue weighted by molar-refractivity contribution is 7.89. The Balaban J connectivity index is 3.15. The number of aromatic nitrogens is 1. The molecule has 1 rings (SSSR count). The minimum atomic E-state index is -4.07. The van der Waals surface area contributed by atoms with Crippen molar-refractivity contribution in [2.75, 3.05) is 7.05 Å². The van der Waals surface area contributed by atoms with Crippen molar-refractivity contribution < 1.29 is 23.2 Å². The Kier molecular flexibility index (Phi) is 4.73. The number of pyridine rings is 1. The van der Waals surface area contributed by atoms with Crippen LogP contribution in [-0.2, 0) is 14.8 Å². The first kappa shape index (κ1) is 16.0. The largest absolute Gasteiger partial charge is 0.480 e.